The highest BCUT2D eigenvalue weighted by atomic mass is 16.3. The van der Waals surface area contributed by atoms with E-state index in [9.17, 15) is 9.90 Å². The molecule has 0 radical (unpaired) electrons. The summed E-state index contributed by atoms with van der Waals surface area (Å²) in [6.45, 7) is 5.43. The third-order valence-corrected chi connectivity index (χ3v) is 4.20. The van der Waals surface area contributed by atoms with E-state index in [-0.39, 0.29) is 11.8 Å². The van der Waals surface area contributed by atoms with E-state index in [2.05, 4.69) is 13.8 Å². The zero-order valence-electron chi connectivity index (χ0n) is 11.1. The van der Waals surface area contributed by atoms with Crippen LogP contribution in [0, 0.1) is 11.8 Å². The van der Waals surface area contributed by atoms with E-state index < -0.39 is 5.60 Å². The molecule has 1 aliphatic heterocycles. The zero-order chi connectivity index (χ0) is 12.5. The summed E-state index contributed by atoms with van der Waals surface area (Å²) < 4.78 is 0. The zero-order valence-corrected chi connectivity index (χ0v) is 11.1. The fourth-order valence-corrected chi connectivity index (χ4v) is 3.00. The molecule has 1 N–H and O–H groups in total. The number of likely N-dealkylation sites (tertiary alicyclic amines) is 1. The van der Waals surface area contributed by atoms with Crippen molar-refractivity contribution in [2.45, 2.75) is 58.0 Å². The lowest BCUT2D eigenvalue weighted by Crippen LogP contribution is -2.65. The van der Waals surface area contributed by atoms with Crippen LogP contribution in [-0.2, 0) is 4.79 Å². The summed E-state index contributed by atoms with van der Waals surface area (Å²) in [6.07, 6.45) is 6.40. The van der Waals surface area contributed by atoms with E-state index in [1.54, 1.807) is 0 Å². The predicted octanol–water partition coefficient (Wildman–Crippen LogP) is 2.19. The van der Waals surface area contributed by atoms with Crippen LogP contribution in [0.3, 0.4) is 0 Å². The number of hydrogen-bond acceptors (Lipinski definition) is 2. The van der Waals surface area contributed by atoms with Crippen LogP contribution < -0.4 is 0 Å². The standard InChI is InChI=1S/C14H25NO2/c1-3-5-11(6-4-2)13(16)15-9-14(17,10-15)12-7-8-12/h11-12,17H,3-10H2,1-2H3. The van der Waals surface area contributed by atoms with Gasteiger partial charge in [0, 0.05) is 5.92 Å². The number of nitrogens with zero attached hydrogens (tertiary/aromatic N) is 1. The van der Waals surface area contributed by atoms with Gasteiger partial charge >= 0.3 is 0 Å². The monoisotopic (exact) mass is 239 g/mol. The highest BCUT2D eigenvalue weighted by Gasteiger charge is 2.53. The van der Waals surface area contributed by atoms with Crippen molar-refractivity contribution in [1.82, 2.24) is 4.90 Å². The fourth-order valence-electron chi connectivity index (χ4n) is 3.00. The van der Waals surface area contributed by atoms with Gasteiger partial charge in [0.05, 0.1) is 13.1 Å². The Labute approximate surface area is 104 Å². The van der Waals surface area contributed by atoms with Gasteiger partial charge in [-0.25, -0.2) is 0 Å². The molecule has 1 saturated carbocycles. The smallest absolute Gasteiger partial charge is 0.225 e. The van der Waals surface area contributed by atoms with Crippen LogP contribution in [0.25, 0.3) is 0 Å². The SMILES string of the molecule is CCCC(CCC)C(=O)N1CC(O)(C2CC2)C1. The van der Waals surface area contributed by atoms with Crippen LogP contribution in [0.1, 0.15) is 52.4 Å². The van der Waals surface area contributed by atoms with Gasteiger partial charge < -0.3 is 10.0 Å². The maximum absolute atomic E-state index is 12.3. The third kappa shape index (κ3) is 2.65. The molecule has 0 spiro atoms. The summed E-state index contributed by atoms with van der Waals surface area (Å²) in [6, 6.07) is 0. The first-order chi connectivity index (χ1) is 8.10. The molecule has 0 unspecified atom stereocenters. The molecule has 1 amide bonds. The summed E-state index contributed by atoms with van der Waals surface area (Å²) in [5.41, 5.74) is -0.529. The molecule has 1 aliphatic carbocycles. The number of hydrogen-bond donors (Lipinski definition) is 1. The first-order valence-electron chi connectivity index (χ1n) is 7.12. The van der Waals surface area contributed by atoms with Crippen LogP contribution in [0.4, 0.5) is 0 Å². The van der Waals surface area contributed by atoms with Gasteiger partial charge in [0.15, 0.2) is 0 Å². The molecule has 2 fully saturated rings. The molecule has 2 rings (SSSR count). The minimum Gasteiger partial charge on any atom is -0.386 e. The number of aliphatic hydroxyl groups is 1. The predicted molar refractivity (Wildman–Crippen MR) is 67.6 cm³/mol. The first kappa shape index (κ1) is 12.9. The van der Waals surface area contributed by atoms with Gasteiger partial charge in [-0.05, 0) is 31.6 Å². The molecule has 0 aromatic carbocycles. The van der Waals surface area contributed by atoms with Gasteiger partial charge in [0.2, 0.25) is 5.91 Å². The Morgan fingerprint density at radius 2 is 1.82 bits per heavy atom. The second-order valence-electron chi connectivity index (χ2n) is 5.85. The van der Waals surface area contributed by atoms with E-state index in [1.165, 1.54) is 0 Å². The average Bonchev–Trinajstić information content (AvgIpc) is 3.07. The van der Waals surface area contributed by atoms with Crippen LogP contribution in [-0.4, -0.2) is 34.6 Å². The van der Waals surface area contributed by atoms with Crippen molar-refractivity contribution in [2.24, 2.45) is 11.8 Å². The molecular weight excluding hydrogens is 214 g/mol. The number of amides is 1. The number of β-amino-alcohol motifs (C(OH)–C–C–N with tert-alkyl or cyclic N) is 1. The van der Waals surface area contributed by atoms with Gasteiger partial charge in [0.25, 0.3) is 0 Å². The van der Waals surface area contributed by atoms with E-state index in [0.29, 0.717) is 19.0 Å². The van der Waals surface area contributed by atoms with Crippen molar-refractivity contribution in [3.63, 3.8) is 0 Å². The van der Waals surface area contributed by atoms with Crippen molar-refractivity contribution in [3.8, 4) is 0 Å². The van der Waals surface area contributed by atoms with Crippen molar-refractivity contribution < 1.29 is 9.90 Å². The normalized spacial score (nSPS) is 22.7. The molecule has 17 heavy (non-hydrogen) atoms. The van der Waals surface area contributed by atoms with E-state index in [1.807, 2.05) is 4.90 Å². The van der Waals surface area contributed by atoms with E-state index in [0.717, 1.165) is 38.5 Å². The van der Waals surface area contributed by atoms with E-state index in [4.69, 9.17) is 0 Å². The summed E-state index contributed by atoms with van der Waals surface area (Å²) >= 11 is 0. The van der Waals surface area contributed by atoms with Gasteiger partial charge in [-0.2, -0.15) is 0 Å². The largest absolute Gasteiger partial charge is 0.386 e. The van der Waals surface area contributed by atoms with Gasteiger partial charge in [-0.3, -0.25) is 4.79 Å². The Hall–Kier alpha value is -0.570. The molecule has 2 aliphatic rings. The Morgan fingerprint density at radius 3 is 2.24 bits per heavy atom. The number of rotatable bonds is 6. The van der Waals surface area contributed by atoms with E-state index >= 15 is 0 Å². The minimum absolute atomic E-state index is 0.189. The lowest BCUT2D eigenvalue weighted by atomic mass is 9.86. The molecule has 1 saturated heterocycles. The Balaban J connectivity index is 1.83. The van der Waals surface area contributed by atoms with Crippen molar-refractivity contribution in [3.05, 3.63) is 0 Å². The maximum atomic E-state index is 12.3. The quantitative estimate of drug-likeness (QED) is 0.772. The maximum Gasteiger partial charge on any atom is 0.225 e. The summed E-state index contributed by atoms with van der Waals surface area (Å²) in [5, 5.41) is 10.2. The lowest BCUT2D eigenvalue weighted by molar-refractivity contribution is -0.163. The van der Waals surface area contributed by atoms with Crippen molar-refractivity contribution in [2.75, 3.05) is 13.1 Å². The highest BCUT2D eigenvalue weighted by molar-refractivity contribution is 5.80. The molecule has 0 atom stereocenters. The molecule has 3 heteroatoms. The summed E-state index contributed by atoms with van der Waals surface area (Å²) in [4.78, 5) is 14.1. The van der Waals surface area contributed by atoms with Crippen molar-refractivity contribution in [1.29, 1.82) is 0 Å². The topological polar surface area (TPSA) is 40.5 Å². The molecule has 98 valence electrons. The Morgan fingerprint density at radius 1 is 1.29 bits per heavy atom. The molecule has 1 heterocycles. The molecule has 3 nitrogen and oxygen atoms in total. The minimum atomic E-state index is -0.529. The lowest BCUT2D eigenvalue weighted by Gasteiger charge is -2.48. The van der Waals surface area contributed by atoms with Crippen LogP contribution in [0.5, 0.6) is 0 Å². The molecular formula is C14H25NO2. The number of carbonyl (C=O) groups excluding carboxylic acids is 1. The fraction of sp³-hybridized carbons (Fsp3) is 0.929. The van der Waals surface area contributed by atoms with Gasteiger partial charge in [0.1, 0.15) is 5.60 Å². The Bertz CT molecular complexity index is 274. The van der Waals surface area contributed by atoms with Crippen LogP contribution in [0.2, 0.25) is 0 Å². The van der Waals surface area contributed by atoms with Crippen LogP contribution in [0.15, 0.2) is 0 Å². The van der Waals surface area contributed by atoms with Crippen LogP contribution >= 0.6 is 0 Å². The molecule has 0 aromatic heterocycles. The highest BCUT2D eigenvalue weighted by Crippen LogP contribution is 2.44. The van der Waals surface area contributed by atoms with Gasteiger partial charge in [-0.1, -0.05) is 26.7 Å². The second-order valence-corrected chi connectivity index (χ2v) is 5.85. The molecule has 0 bridgehead atoms. The van der Waals surface area contributed by atoms with Crippen molar-refractivity contribution >= 4 is 5.91 Å². The summed E-state index contributed by atoms with van der Waals surface area (Å²) in [5.74, 6) is 0.940. The average molecular weight is 239 g/mol. The first-order valence-corrected chi connectivity index (χ1v) is 7.12. The molecule has 0 aromatic rings. The Kier molecular flexibility index (Phi) is 3.76. The third-order valence-electron chi connectivity index (χ3n) is 4.20. The summed E-state index contributed by atoms with van der Waals surface area (Å²) in [7, 11) is 0. The second kappa shape index (κ2) is 4.97. The number of carbonyl (C=O) groups is 1. The van der Waals surface area contributed by atoms with Gasteiger partial charge in [-0.15, -0.1) is 0 Å².